The third-order valence-electron chi connectivity index (χ3n) is 4.21. The number of carbonyl (C=O) groups is 3. The number of amides is 2. The second-order valence-corrected chi connectivity index (χ2v) is 6.49. The number of Topliss-reactive ketones (excluding diaryl/α,β-unsaturated/α-hetero) is 1. The van der Waals surface area contributed by atoms with Crippen LogP contribution in [0.5, 0.6) is 0 Å². The van der Waals surface area contributed by atoms with Gasteiger partial charge in [0.25, 0.3) is 11.8 Å². The Morgan fingerprint density at radius 1 is 0.643 bits per heavy atom. The monoisotopic (exact) mass is 372 g/mol. The van der Waals surface area contributed by atoms with Gasteiger partial charge in [-0.25, -0.2) is 0 Å². The van der Waals surface area contributed by atoms with E-state index in [1.54, 1.807) is 48.5 Å². The summed E-state index contributed by atoms with van der Waals surface area (Å²) >= 11 is 0. The summed E-state index contributed by atoms with van der Waals surface area (Å²) in [5, 5.41) is 5.59. The zero-order valence-electron chi connectivity index (χ0n) is 15.7. The molecule has 3 rings (SSSR count). The molecule has 0 fully saturated rings. The number of anilines is 2. The maximum atomic E-state index is 12.5. The molecule has 0 unspecified atom stereocenters. The quantitative estimate of drug-likeness (QED) is 0.637. The summed E-state index contributed by atoms with van der Waals surface area (Å²) in [5.41, 5.74) is 3.65. The average Bonchev–Trinajstić information content (AvgIpc) is 2.68. The molecule has 28 heavy (non-hydrogen) atoms. The highest BCUT2D eigenvalue weighted by atomic mass is 16.2. The highest BCUT2D eigenvalue weighted by Crippen LogP contribution is 2.15. The fraction of sp³-hybridized carbons (Fsp3) is 0.0870. The lowest BCUT2D eigenvalue weighted by molar-refractivity contribution is 0.101. The van der Waals surface area contributed by atoms with Gasteiger partial charge in [-0.05, 0) is 74.0 Å². The molecule has 0 aromatic heterocycles. The van der Waals surface area contributed by atoms with Gasteiger partial charge >= 0.3 is 0 Å². The van der Waals surface area contributed by atoms with Gasteiger partial charge in [-0.2, -0.15) is 0 Å². The van der Waals surface area contributed by atoms with E-state index in [1.165, 1.54) is 6.92 Å². The molecular weight excluding hydrogens is 352 g/mol. The van der Waals surface area contributed by atoms with E-state index in [4.69, 9.17) is 0 Å². The van der Waals surface area contributed by atoms with Crippen molar-refractivity contribution in [3.05, 3.63) is 95.1 Å². The van der Waals surface area contributed by atoms with Crippen molar-refractivity contribution >= 4 is 29.0 Å². The highest BCUT2D eigenvalue weighted by molar-refractivity contribution is 6.08. The van der Waals surface area contributed by atoms with Crippen LogP contribution in [-0.4, -0.2) is 17.6 Å². The number of aryl methyl sites for hydroxylation is 1. The van der Waals surface area contributed by atoms with E-state index in [0.717, 1.165) is 5.56 Å². The molecule has 3 aromatic carbocycles. The molecule has 0 heterocycles. The zero-order chi connectivity index (χ0) is 20.1. The van der Waals surface area contributed by atoms with E-state index < -0.39 is 0 Å². The Bertz CT molecular complexity index is 1040. The second kappa shape index (κ2) is 8.31. The van der Waals surface area contributed by atoms with Crippen molar-refractivity contribution < 1.29 is 14.4 Å². The molecule has 0 aliphatic carbocycles. The van der Waals surface area contributed by atoms with E-state index in [-0.39, 0.29) is 17.6 Å². The van der Waals surface area contributed by atoms with Crippen LogP contribution in [-0.2, 0) is 0 Å². The third kappa shape index (κ3) is 4.71. The lowest BCUT2D eigenvalue weighted by Crippen LogP contribution is -2.15. The van der Waals surface area contributed by atoms with Crippen molar-refractivity contribution in [1.82, 2.24) is 0 Å². The van der Waals surface area contributed by atoms with E-state index in [9.17, 15) is 14.4 Å². The Morgan fingerprint density at radius 3 is 1.79 bits per heavy atom. The molecule has 0 spiro atoms. The maximum Gasteiger partial charge on any atom is 0.255 e. The Hall–Kier alpha value is -3.73. The number of ketones is 1. The molecule has 2 N–H and O–H groups in total. The third-order valence-corrected chi connectivity index (χ3v) is 4.21. The summed E-state index contributed by atoms with van der Waals surface area (Å²) in [4.78, 5) is 36.3. The number of nitrogens with one attached hydrogen (secondary N) is 2. The maximum absolute atomic E-state index is 12.5. The number of rotatable bonds is 5. The minimum atomic E-state index is -0.333. The van der Waals surface area contributed by atoms with Gasteiger partial charge in [0.2, 0.25) is 0 Å². The molecule has 0 radical (unpaired) electrons. The summed E-state index contributed by atoms with van der Waals surface area (Å²) in [7, 11) is 0. The smallest absolute Gasteiger partial charge is 0.255 e. The molecule has 0 aliphatic heterocycles. The van der Waals surface area contributed by atoms with Crippen molar-refractivity contribution in [1.29, 1.82) is 0 Å². The van der Waals surface area contributed by atoms with Crippen LogP contribution >= 0.6 is 0 Å². The highest BCUT2D eigenvalue weighted by Gasteiger charge is 2.11. The predicted octanol–water partition coefficient (Wildman–Crippen LogP) is 4.70. The Labute approximate surface area is 163 Å². The minimum absolute atomic E-state index is 0.0369. The fourth-order valence-electron chi connectivity index (χ4n) is 2.72. The van der Waals surface area contributed by atoms with Crippen LogP contribution in [0, 0.1) is 6.92 Å². The lowest BCUT2D eigenvalue weighted by atomic mass is 10.1. The molecule has 140 valence electrons. The molecule has 0 atom stereocenters. The second-order valence-electron chi connectivity index (χ2n) is 6.49. The van der Waals surface area contributed by atoms with Gasteiger partial charge in [0.1, 0.15) is 0 Å². The molecule has 0 aliphatic rings. The summed E-state index contributed by atoms with van der Waals surface area (Å²) in [5.74, 6) is -0.656. The largest absolute Gasteiger partial charge is 0.322 e. The van der Waals surface area contributed by atoms with E-state index >= 15 is 0 Å². The normalized spacial score (nSPS) is 10.2. The van der Waals surface area contributed by atoms with Gasteiger partial charge in [0.05, 0.1) is 0 Å². The Morgan fingerprint density at radius 2 is 1.21 bits per heavy atom. The van der Waals surface area contributed by atoms with Crippen molar-refractivity contribution in [2.24, 2.45) is 0 Å². The van der Waals surface area contributed by atoms with E-state index in [2.05, 4.69) is 10.6 Å². The van der Waals surface area contributed by atoms with E-state index in [1.807, 2.05) is 31.2 Å². The van der Waals surface area contributed by atoms with Crippen LogP contribution in [0.3, 0.4) is 0 Å². The van der Waals surface area contributed by atoms with Crippen LogP contribution in [0.25, 0.3) is 0 Å². The standard InChI is InChI=1S/C23H20N2O3/c1-15-5-3-8-21(13-15)25-23(28)19-7-4-6-18(14-19)22(27)24-20-11-9-17(10-12-20)16(2)26/h3-14H,1-2H3,(H,24,27)(H,25,28). The summed E-state index contributed by atoms with van der Waals surface area (Å²) < 4.78 is 0. The molecule has 0 saturated carbocycles. The summed E-state index contributed by atoms with van der Waals surface area (Å²) in [6.45, 7) is 3.43. The topological polar surface area (TPSA) is 75.3 Å². The first kappa shape index (κ1) is 19.0. The van der Waals surface area contributed by atoms with Gasteiger partial charge in [-0.15, -0.1) is 0 Å². The fourth-order valence-corrected chi connectivity index (χ4v) is 2.72. The van der Waals surface area contributed by atoms with Crippen LogP contribution in [0.15, 0.2) is 72.8 Å². The number of benzene rings is 3. The van der Waals surface area contributed by atoms with Gasteiger partial charge in [0, 0.05) is 28.1 Å². The molecule has 0 saturated heterocycles. The SMILES string of the molecule is CC(=O)c1ccc(NC(=O)c2cccc(C(=O)Nc3cccc(C)c3)c2)cc1. The lowest BCUT2D eigenvalue weighted by Gasteiger charge is -2.09. The van der Waals surface area contributed by atoms with Crippen LogP contribution in [0.2, 0.25) is 0 Å². The minimum Gasteiger partial charge on any atom is -0.322 e. The predicted molar refractivity (Wildman–Crippen MR) is 110 cm³/mol. The van der Waals surface area contributed by atoms with Gasteiger partial charge < -0.3 is 10.6 Å². The van der Waals surface area contributed by atoms with Crippen LogP contribution < -0.4 is 10.6 Å². The zero-order valence-corrected chi connectivity index (χ0v) is 15.7. The number of carbonyl (C=O) groups excluding carboxylic acids is 3. The first-order chi connectivity index (χ1) is 13.4. The van der Waals surface area contributed by atoms with Crippen LogP contribution in [0.4, 0.5) is 11.4 Å². The molecule has 5 nitrogen and oxygen atoms in total. The van der Waals surface area contributed by atoms with Crippen molar-refractivity contribution in [2.45, 2.75) is 13.8 Å². The van der Waals surface area contributed by atoms with E-state index in [0.29, 0.717) is 28.1 Å². The van der Waals surface area contributed by atoms with Crippen molar-refractivity contribution in [3.63, 3.8) is 0 Å². The van der Waals surface area contributed by atoms with Gasteiger partial charge in [0.15, 0.2) is 5.78 Å². The number of hydrogen-bond donors (Lipinski definition) is 2. The van der Waals surface area contributed by atoms with Crippen LogP contribution in [0.1, 0.15) is 43.6 Å². The first-order valence-corrected chi connectivity index (χ1v) is 8.83. The summed E-state index contributed by atoms with van der Waals surface area (Å²) in [6.07, 6.45) is 0. The molecular formula is C23H20N2O3. The summed E-state index contributed by atoms with van der Waals surface area (Å²) in [6, 6.07) is 20.7. The Kier molecular flexibility index (Phi) is 5.65. The molecule has 3 aromatic rings. The Balaban J connectivity index is 1.72. The first-order valence-electron chi connectivity index (χ1n) is 8.83. The molecule has 5 heteroatoms. The molecule has 2 amide bonds. The van der Waals surface area contributed by atoms with Crippen molar-refractivity contribution in [2.75, 3.05) is 10.6 Å². The van der Waals surface area contributed by atoms with Crippen molar-refractivity contribution in [3.8, 4) is 0 Å². The molecule has 0 bridgehead atoms. The average molecular weight is 372 g/mol. The number of hydrogen-bond acceptors (Lipinski definition) is 3. The van der Waals surface area contributed by atoms with Gasteiger partial charge in [-0.3, -0.25) is 14.4 Å². The van der Waals surface area contributed by atoms with Gasteiger partial charge in [-0.1, -0.05) is 18.2 Å².